The molecule has 1 saturated carbocycles. The average molecular weight is 267 g/mol. The molecule has 0 amide bonds. The maximum atomic E-state index is 5.30. The van der Waals surface area contributed by atoms with Gasteiger partial charge in [-0.05, 0) is 31.7 Å². The molecule has 5 nitrogen and oxygen atoms in total. The summed E-state index contributed by atoms with van der Waals surface area (Å²) in [6, 6.07) is 0.603. The number of hydrogen-bond acceptors (Lipinski definition) is 5. The molecular formula is C14H25N3O2. The topological polar surface area (TPSA) is 60.2 Å². The van der Waals surface area contributed by atoms with E-state index in [0.717, 1.165) is 18.9 Å². The molecule has 1 fully saturated rings. The molecule has 1 aliphatic rings. The van der Waals surface area contributed by atoms with Crippen LogP contribution in [0.4, 0.5) is 0 Å². The van der Waals surface area contributed by atoms with Gasteiger partial charge in [-0.15, -0.1) is 0 Å². The molecule has 0 saturated heterocycles. The quantitative estimate of drug-likeness (QED) is 0.821. The van der Waals surface area contributed by atoms with Crippen molar-refractivity contribution in [2.75, 3.05) is 13.7 Å². The summed E-state index contributed by atoms with van der Waals surface area (Å²) >= 11 is 0. The lowest BCUT2D eigenvalue weighted by atomic mass is 9.82. The van der Waals surface area contributed by atoms with Crippen LogP contribution in [0, 0.1) is 5.92 Å². The van der Waals surface area contributed by atoms with Gasteiger partial charge < -0.3 is 14.6 Å². The van der Waals surface area contributed by atoms with E-state index in [1.807, 2.05) is 0 Å². The number of nitrogens with zero attached hydrogens (tertiary/aromatic N) is 2. The molecule has 0 spiro atoms. The first-order valence-electron chi connectivity index (χ1n) is 7.37. The molecule has 19 heavy (non-hydrogen) atoms. The Kier molecular flexibility index (Phi) is 5.79. The van der Waals surface area contributed by atoms with E-state index in [2.05, 4.69) is 22.4 Å². The van der Waals surface area contributed by atoms with Gasteiger partial charge in [0.25, 0.3) is 0 Å². The van der Waals surface area contributed by atoms with E-state index in [-0.39, 0.29) is 0 Å². The van der Waals surface area contributed by atoms with Gasteiger partial charge >= 0.3 is 0 Å². The lowest BCUT2D eigenvalue weighted by Crippen LogP contribution is -2.39. The number of aromatic nitrogens is 2. The molecular weight excluding hydrogens is 242 g/mol. The summed E-state index contributed by atoms with van der Waals surface area (Å²) in [5, 5.41) is 7.59. The van der Waals surface area contributed by atoms with Crippen LogP contribution in [-0.4, -0.2) is 29.8 Å². The molecule has 108 valence electrons. The van der Waals surface area contributed by atoms with Crippen LogP contribution < -0.4 is 5.32 Å². The zero-order chi connectivity index (χ0) is 13.5. The summed E-state index contributed by atoms with van der Waals surface area (Å²) in [6.07, 6.45) is 7.23. The van der Waals surface area contributed by atoms with Gasteiger partial charge in [-0.25, -0.2) is 0 Å². The Morgan fingerprint density at radius 2 is 2.21 bits per heavy atom. The fourth-order valence-electron chi connectivity index (χ4n) is 2.84. The van der Waals surface area contributed by atoms with Crippen LogP contribution in [0.3, 0.4) is 0 Å². The molecule has 2 rings (SSSR count). The number of methoxy groups -OCH3 is 1. The van der Waals surface area contributed by atoms with Crippen molar-refractivity contribution in [1.29, 1.82) is 0 Å². The minimum absolute atomic E-state index is 0.422. The van der Waals surface area contributed by atoms with E-state index >= 15 is 0 Å². The summed E-state index contributed by atoms with van der Waals surface area (Å²) in [4.78, 5) is 4.38. The molecule has 1 aromatic rings. The van der Waals surface area contributed by atoms with E-state index in [0.29, 0.717) is 24.4 Å². The molecule has 0 radical (unpaired) electrons. The van der Waals surface area contributed by atoms with E-state index in [1.54, 1.807) is 7.11 Å². The minimum atomic E-state index is 0.422. The van der Waals surface area contributed by atoms with Crippen molar-refractivity contribution in [1.82, 2.24) is 15.5 Å². The molecule has 5 heteroatoms. The highest BCUT2D eigenvalue weighted by Crippen LogP contribution is 2.27. The normalized spacial score (nSPS) is 23.7. The van der Waals surface area contributed by atoms with Crippen LogP contribution in [0.2, 0.25) is 0 Å². The third-order valence-corrected chi connectivity index (χ3v) is 3.79. The summed E-state index contributed by atoms with van der Waals surface area (Å²) in [5.74, 6) is 2.02. The number of hydrogen-bond donors (Lipinski definition) is 1. The minimum Gasteiger partial charge on any atom is -0.377 e. The summed E-state index contributed by atoms with van der Waals surface area (Å²) < 4.78 is 10.3. The van der Waals surface area contributed by atoms with E-state index in [1.165, 1.54) is 32.1 Å². The maximum Gasteiger partial charge on any atom is 0.227 e. The van der Waals surface area contributed by atoms with Gasteiger partial charge in [0.2, 0.25) is 5.89 Å². The van der Waals surface area contributed by atoms with Crippen molar-refractivity contribution in [3.8, 4) is 0 Å². The number of rotatable bonds is 7. The van der Waals surface area contributed by atoms with Gasteiger partial charge in [0, 0.05) is 19.6 Å². The number of nitrogens with one attached hydrogen (secondary N) is 1. The third kappa shape index (κ3) is 4.28. The van der Waals surface area contributed by atoms with Crippen molar-refractivity contribution in [3.05, 3.63) is 11.7 Å². The van der Waals surface area contributed by atoms with Gasteiger partial charge in [0.05, 0.1) is 0 Å². The van der Waals surface area contributed by atoms with Crippen LogP contribution in [0.15, 0.2) is 4.52 Å². The van der Waals surface area contributed by atoms with Gasteiger partial charge in [-0.2, -0.15) is 4.98 Å². The Bertz CT molecular complexity index is 367. The van der Waals surface area contributed by atoms with Gasteiger partial charge in [0.1, 0.15) is 6.61 Å². The molecule has 2 atom stereocenters. The van der Waals surface area contributed by atoms with E-state index < -0.39 is 0 Å². The summed E-state index contributed by atoms with van der Waals surface area (Å²) in [7, 11) is 1.64. The molecule has 0 aromatic carbocycles. The Balaban J connectivity index is 1.90. The van der Waals surface area contributed by atoms with Gasteiger partial charge in [-0.1, -0.05) is 24.9 Å². The van der Waals surface area contributed by atoms with E-state index in [4.69, 9.17) is 9.26 Å². The standard InChI is InChI=1S/C14H25N3O2/c1-3-8-15-12-7-5-4-6-11(12)9-14-16-13(10-18-2)17-19-14/h11-12,15H,3-10H2,1-2H3. The highest BCUT2D eigenvalue weighted by Gasteiger charge is 2.26. The lowest BCUT2D eigenvalue weighted by molar-refractivity contribution is 0.174. The highest BCUT2D eigenvalue weighted by molar-refractivity contribution is 4.91. The van der Waals surface area contributed by atoms with E-state index in [9.17, 15) is 0 Å². The first-order chi connectivity index (χ1) is 9.33. The molecule has 1 aromatic heterocycles. The van der Waals surface area contributed by atoms with Crippen LogP contribution in [0.25, 0.3) is 0 Å². The maximum absolute atomic E-state index is 5.30. The van der Waals surface area contributed by atoms with Crippen molar-refractivity contribution >= 4 is 0 Å². The smallest absolute Gasteiger partial charge is 0.227 e. The zero-order valence-corrected chi connectivity index (χ0v) is 12.0. The second kappa shape index (κ2) is 7.60. The first-order valence-corrected chi connectivity index (χ1v) is 7.37. The van der Waals surface area contributed by atoms with Crippen molar-refractivity contribution in [3.63, 3.8) is 0 Å². The SMILES string of the molecule is CCCNC1CCCCC1Cc1nc(COC)no1. The van der Waals surface area contributed by atoms with Crippen molar-refractivity contribution in [2.24, 2.45) is 5.92 Å². The van der Waals surface area contributed by atoms with Crippen LogP contribution in [0.5, 0.6) is 0 Å². The summed E-state index contributed by atoms with van der Waals surface area (Å²) in [5.41, 5.74) is 0. The average Bonchev–Trinajstić information content (AvgIpc) is 2.86. The van der Waals surface area contributed by atoms with Gasteiger partial charge in [-0.3, -0.25) is 0 Å². The largest absolute Gasteiger partial charge is 0.377 e. The highest BCUT2D eigenvalue weighted by atomic mass is 16.5. The molecule has 2 unspecified atom stereocenters. The Hall–Kier alpha value is -0.940. The Labute approximate surface area is 115 Å². The number of ether oxygens (including phenoxy) is 1. The monoisotopic (exact) mass is 267 g/mol. The van der Waals surface area contributed by atoms with Crippen LogP contribution in [0.1, 0.15) is 50.7 Å². The third-order valence-electron chi connectivity index (χ3n) is 3.79. The molecule has 1 N–H and O–H groups in total. The van der Waals surface area contributed by atoms with Gasteiger partial charge in [0.15, 0.2) is 5.82 Å². The van der Waals surface area contributed by atoms with Crippen LogP contribution >= 0.6 is 0 Å². The fraction of sp³-hybridized carbons (Fsp3) is 0.857. The molecule has 1 aliphatic carbocycles. The second-order valence-corrected chi connectivity index (χ2v) is 5.35. The Morgan fingerprint density at radius 1 is 1.37 bits per heavy atom. The zero-order valence-electron chi connectivity index (χ0n) is 12.0. The fourth-order valence-corrected chi connectivity index (χ4v) is 2.84. The lowest BCUT2D eigenvalue weighted by Gasteiger charge is -2.31. The Morgan fingerprint density at radius 3 is 3.00 bits per heavy atom. The second-order valence-electron chi connectivity index (χ2n) is 5.35. The van der Waals surface area contributed by atoms with Crippen molar-refractivity contribution in [2.45, 2.75) is 58.1 Å². The molecule has 0 aliphatic heterocycles. The van der Waals surface area contributed by atoms with Crippen molar-refractivity contribution < 1.29 is 9.26 Å². The predicted molar refractivity (Wildman–Crippen MR) is 72.8 cm³/mol. The first kappa shape index (κ1) is 14.5. The van der Waals surface area contributed by atoms with Crippen LogP contribution in [-0.2, 0) is 17.8 Å². The predicted octanol–water partition coefficient (Wildman–Crippen LogP) is 2.32. The molecule has 0 bridgehead atoms. The molecule has 1 heterocycles. The summed E-state index contributed by atoms with van der Waals surface area (Å²) in [6.45, 7) is 3.73.